The number of hydrogen-bond acceptors (Lipinski definition) is 5. The maximum atomic E-state index is 12.4. The summed E-state index contributed by atoms with van der Waals surface area (Å²) in [6.45, 7) is 4.73. The molecule has 6 heteroatoms. The van der Waals surface area contributed by atoms with Gasteiger partial charge < -0.3 is 14.2 Å². The molecule has 0 bridgehead atoms. The fraction of sp³-hybridized carbons (Fsp3) is 0.500. The Labute approximate surface area is 141 Å². The predicted octanol–water partition coefficient (Wildman–Crippen LogP) is 3.11. The van der Waals surface area contributed by atoms with Gasteiger partial charge in [-0.05, 0) is 31.0 Å². The number of aryl methyl sites for hydroxylation is 1. The number of aromatic nitrogens is 2. The van der Waals surface area contributed by atoms with Crippen molar-refractivity contribution in [1.82, 2.24) is 15.0 Å². The smallest absolute Gasteiger partial charge is 0.232 e. The van der Waals surface area contributed by atoms with Crippen LogP contribution in [0.5, 0.6) is 5.75 Å². The molecule has 0 N–H and O–H groups in total. The second-order valence-corrected chi connectivity index (χ2v) is 6.20. The predicted molar refractivity (Wildman–Crippen MR) is 88.8 cm³/mol. The van der Waals surface area contributed by atoms with Gasteiger partial charge in [0.15, 0.2) is 5.82 Å². The van der Waals surface area contributed by atoms with E-state index in [9.17, 15) is 4.79 Å². The van der Waals surface area contributed by atoms with Crippen molar-refractivity contribution in [2.75, 3.05) is 13.7 Å². The topological polar surface area (TPSA) is 68.5 Å². The van der Waals surface area contributed by atoms with Crippen molar-refractivity contribution in [1.29, 1.82) is 0 Å². The van der Waals surface area contributed by atoms with Crippen molar-refractivity contribution in [3.05, 3.63) is 41.5 Å². The van der Waals surface area contributed by atoms with Crippen molar-refractivity contribution < 1.29 is 14.1 Å². The van der Waals surface area contributed by atoms with Crippen LogP contribution in [-0.4, -0.2) is 34.6 Å². The fourth-order valence-corrected chi connectivity index (χ4v) is 3.09. The number of carbonyl (C=O) groups is 1. The molecule has 1 fully saturated rings. The molecule has 3 rings (SSSR count). The molecule has 2 atom stereocenters. The average molecular weight is 329 g/mol. The lowest BCUT2D eigenvalue weighted by atomic mass is 10.1. The monoisotopic (exact) mass is 329 g/mol. The van der Waals surface area contributed by atoms with Gasteiger partial charge in [0, 0.05) is 19.4 Å². The Kier molecular flexibility index (Phi) is 4.83. The molecule has 1 saturated heterocycles. The van der Waals surface area contributed by atoms with Crippen LogP contribution < -0.4 is 4.74 Å². The molecular formula is C18H23N3O3. The highest BCUT2D eigenvalue weighted by molar-refractivity contribution is 5.80. The third-order valence-corrected chi connectivity index (χ3v) is 4.53. The van der Waals surface area contributed by atoms with Crippen molar-refractivity contribution >= 4 is 5.91 Å². The highest BCUT2D eigenvalue weighted by atomic mass is 16.5. The summed E-state index contributed by atoms with van der Waals surface area (Å²) in [6, 6.07) is 7.83. The van der Waals surface area contributed by atoms with Crippen LogP contribution in [0.3, 0.4) is 0 Å². The lowest BCUT2D eigenvalue weighted by Gasteiger charge is -2.25. The van der Waals surface area contributed by atoms with Crippen LogP contribution in [0.1, 0.15) is 55.9 Å². The van der Waals surface area contributed by atoms with Crippen LogP contribution in [0.15, 0.2) is 28.8 Å². The van der Waals surface area contributed by atoms with Gasteiger partial charge in [0.2, 0.25) is 11.8 Å². The quantitative estimate of drug-likeness (QED) is 0.814. The molecule has 1 amide bonds. The number of amides is 1. The summed E-state index contributed by atoms with van der Waals surface area (Å²) in [5.74, 6) is 2.22. The Balaban J connectivity index is 1.71. The van der Waals surface area contributed by atoms with Gasteiger partial charge in [-0.3, -0.25) is 4.79 Å². The van der Waals surface area contributed by atoms with Gasteiger partial charge in [-0.2, -0.15) is 4.98 Å². The zero-order chi connectivity index (χ0) is 17.1. The minimum absolute atomic E-state index is 0.00596. The molecule has 128 valence electrons. The van der Waals surface area contributed by atoms with Gasteiger partial charge in [0.25, 0.3) is 0 Å². The maximum absolute atomic E-state index is 12.4. The molecule has 1 aliphatic heterocycles. The molecular weight excluding hydrogens is 306 g/mol. The summed E-state index contributed by atoms with van der Waals surface area (Å²) in [5, 5.41) is 3.99. The van der Waals surface area contributed by atoms with E-state index in [4.69, 9.17) is 9.26 Å². The molecule has 1 aromatic heterocycles. The van der Waals surface area contributed by atoms with E-state index in [1.54, 1.807) is 7.11 Å². The third kappa shape index (κ3) is 3.27. The van der Waals surface area contributed by atoms with Crippen molar-refractivity contribution in [3.63, 3.8) is 0 Å². The number of likely N-dealkylation sites (tertiary alicyclic amines) is 1. The summed E-state index contributed by atoms with van der Waals surface area (Å²) in [5.41, 5.74) is 1.09. The van der Waals surface area contributed by atoms with E-state index in [0.29, 0.717) is 18.9 Å². The van der Waals surface area contributed by atoms with Crippen LogP contribution in [-0.2, 0) is 11.2 Å². The van der Waals surface area contributed by atoms with Gasteiger partial charge in [-0.25, -0.2) is 0 Å². The Morgan fingerprint density at radius 2 is 2.12 bits per heavy atom. The van der Waals surface area contributed by atoms with Gasteiger partial charge >= 0.3 is 0 Å². The number of hydrogen-bond donors (Lipinski definition) is 0. The van der Waals surface area contributed by atoms with Crippen LogP contribution >= 0.6 is 0 Å². The lowest BCUT2D eigenvalue weighted by molar-refractivity contribution is -0.129. The Morgan fingerprint density at radius 1 is 1.38 bits per heavy atom. The second-order valence-electron chi connectivity index (χ2n) is 6.20. The van der Waals surface area contributed by atoms with E-state index < -0.39 is 0 Å². The number of rotatable bonds is 6. The molecule has 2 unspecified atom stereocenters. The summed E-state index contributed by atoms with van der Waals surface area (Å²) in [6.07, 6.45) is 2.20. The first kappa shape index (κ1) is 16.5. The average Bonchev–Trinajstić information content (AvgIpc) is 3.21. The second kappa shape index (κ2) is 7.03. The minimum atomic E-state index is -0.0173. The molecule has 0 aliphatic carbocycles. The number of benzene rings is 1. The molecule has 1 aliphatic rings. The summed E-state index contributed by atoms with van der Waals surface area (Å²) < 4.78 is 10.5. The number of nitrogens with zero attached hydrogens (tertiary/aromatic N) is 3. The molecule has 0 radical (unpaired) electrons. The van der Waals surface area contributed by atoms with E-state index in [1.807, 2.05) is 36.1 Å². The summed E-state index contributed by atoms with van der Waals surface area (Å²) in [4.78, 5) is 18.8. The Morgan fingerprint density at radius 3 is 2.79 bits per heavy atom. The van der Waals surface area contributed by atoms with E-state index >= 15 is 0 Å². The van der Waals surface area contributed by atoms with E-state index in [1.165, 1.54) is 0 Å². The van der Waals surface area contributed by atoms with Gasteiger partial charge in [-0.15, -0.1) is 0 Å². The van der Waals surface area contributed by atoms with Crippen molar-refractivity contribution in [2.24, 2.45) is 0 Å². The minimum Gasteiger partial charge on any atom is -0.497 e. The van der Waals surface area contributed by atoms with Crippen LogP contribution in [0.25, 0.3) is 0 Å². The number of carbonyl (C=O) groups excluding carboxylic acids is 1. The molecule has 0 spiro atoms. The van der Waals surface area contributed by atoms with E-state index in [0.717, 1.165) is 30.0 Å². The zero-order valence-electron chi connectivity index (χ0n) is 14.4. The third-order valence-electron chi connectivity index (χ3n) is 4.53. The van der Waals surface area contributed by atoms with Gasteiger partial charge in [0.1, 0.15) is 5.75 Å². The van der Waals surface area contributed by atoms with Gasteiger partial charge in [0.05, 0.1) is 19.1 Å². The molecule has 0 saturated carbocycles. The molecule has 6 nitrogen and oxygen atoms in total. The standard InChI is InChI=1S/C18H23N3O3/c1-4-5-16-19-18(24-20-16)14-10-17(22)21(11-14)12(2)13-6-8-15(23-3)9-7-13/h6-9,12,14H,4-5,10-11H2,1-3H3. The van der Waals surface area contributed by atoms with Crippen LogP contribution in [0, 0.1) is 0 Å². The Bertz CT molecular complexity index is 696. The van der Waals surface area contributed by atoms with Gasteiger partial charge in [-0.1, -0.05) is 24.2 Å². The summed E-state index contributed by atoms with van der Waals surface area (Å²) in [7, 11) is 1.64. The number of methoxy groups -OCH3 is 1. The lowest BCUT2D eigenvalue weighted by Crippen LogP contribution is -2.28. The molecule has 2 heterocycles. The van der Waals surface area contributed by atoms with Crippen LogP contribution in [0.2, 0.25) is 0 Å². The number of ether oxygens (including phenoxy) is 1. The van der Waals surface area contributed by atoms with Crippen LogP contribution in [0.4, 0.5) is 0 Å². The first-order valence-corrected chi connectivity index (χ1v) is 8.38. The van der Waals surface area contributed by atoms with E-state index in [-0.39, 0.29) is 17.9 Å². The SMILES string of the molecule is CCCc1noc(C2CC(=O)N(C(C)c3ccc(OC)cc3)C2)n1. The van der Waals surface area contributed by atoms with Crippen molar-refractivity contribution in [3.8, 4) is 5.75 Å². The fourth-order valence-electron chi connectivity index (χ4n) is 3.09. The first-order valence-electron chi connectivity index (χ1n) is 8.38. The first-order chi connectivity index (χ1) is 11.6. The maximum Gasteiger partial charge on any atom is 0.232 e. The van der Waals surface area contributed by atoms with Crippen molar-refractivity contribution in [2.45, 2.75) is 45.1 Å². The highest BCUT2D eigenvalue weighted by Crippen LogP contribution is 2.33. The molecule has 2 aromatic rings. The normalized spacial score (nSPS) is 18.9. The highest BCUT2D eigenvalue weighted by Gasteiger charge is 2.36. The zero-order valence-corrected chi connectivity index (χ0v) is 14.4. The van der Waals surface area contributed by atoms with E-state index in [2.05, 4.69) is 17.1 Å². The summed E-state index contributed by atoms with van der Waals surface area (Å²) >= 11 is 0. The largest absolute Gasteiger partial charge is 0.497 e. The Hall–Kier alpha value is -2.37. The molecule has 1 aromatic carbocycles. The molecule has 24 heavy (non-hydrogen) atoms.